The van der Waals surface area contributed by atoms with Gasteiger partial charge in [-0.2, -0.15) is 0 Å². The SMILES string of the molecule is O=C(NNC(=O)C1CCCN(c2ncccn2)C1)c1ccccc1. The number of hydrazine groups is 1. The van der Waals surface area contributed by atoms with Crippen LogP contribution in [0.25, 0.3) is 0 Å². The summed E-state index contributed by atoms with van der Waals surface area (Å²) >= 11 is 0. The Hall–Kier alpha value is -2.96. The van der Waals surface area contributed by atoms with Gasteiger partial charge in [0.1, 0.15) is 0 Å². The Kier molecular flexibility index (Phi) is 5.00. The summed E-state index contributed by atoms with van der Waals surface area (Å²) in [5, 5.41) is 0. The lowest BCUT2D eigenvalue weighted by atomic mass is 9.98. The monoisotopic (exact) mass is 325 g/mol. The Balaban J connectivity index is 1.54. The van der Waals surface area contributed by atoms with Crippen molar-refractivity contribution < 1.29 is 9.59 Å². The molecular formula is C17H19N5O2. The average molecular weight is 325 g/mol. The third-order valence-electron chi connectivity index (χ3n) is 3.96. The van der Waals surface area contributed by atoms with E-state index in [2.05, 4.69) is 20.8 Å². The van der Waals surface area contributed by atoms with Crippen LogP contribution in [-0.4, -0.2) is 34.9 Å². The highest BCUT2D eigenvalue weighted by Crippen LogP contribution is 2.19. The van der Waals surface area contributed by atoms with Crippen LogP contribution in [0.5, 0.6) is 0 Å². The quantitative estimate of drug-likeness (QED) is 0.827. The van der Waals surface area contributed by atoms with Crippen LogP contribution < -0.4 is 15.8 Å². The lowest BCUT2D eigenvalue weighted by Gasteiger charge is -2.31. The number of carbonyl (C=O) groups is 2. The number of aromatic nitrogens is 2. The number of nitrogens with one attached hydrogen (secondary N) is 2. The maximum absolute atomic E-state index is 12.3. The van der Waals surface area contributed by atoms with E-state index in [-0.39, 0.29) is 17.7 Å². The molecule has 7 heteroatoms. The first-order chi connectivity index (χ1) is 11.7. The summed E-state index contributed by atoms with van der Waals surface area (Å²) in [6.45, 7) is 1.36. The summed E-state index contributed by atoms with van der Waals surface area (Å²) in [5.74, 6) is -0.107. The van der Waals surface area contributed by atoms with Gasteiger partial charge >= 0.3 is 0 Å². The highest BCUT2D eigenvalue weighted by Gasteiger charge is 2.27. The Bertz CT molecular complexity index is 693. The van der Waals surface area contributed by atoms with Crippen LogP contribution >= 0.6 is 0 Å². The zero-order chi connectivity index (χ0) is 16.8. The third kappa shape index (κ3) is 3.87. The smallest absolute Gasteiger partial charge is 0.269 e. The predicted molar refractivity (Wildman–Crippen MR) is 89.0 cm³/mol. The van der Waals surface area contributed by atoms with Crippen LogP contribution in [0.3, 0.4) is 0 Å². The van der Waals surface area contributed by atoms with Crippen LogP contribution in [0, 0.1) is 5.92 Å². The van der Waals surface area contributed by atoms with Crippen molar-refractivity contribution in [1.29, 1.82) is 0 Å². The summed E-state index contributed by atoms with van der Waals surface area (Å²) in [5.41, 5.74) is 5.48. The van der Waals surface area contributed by atoms with Crippen molar-refractivity contribution in [2.24, 2.45) is 5.92 Å². The largest absolute Gasteiger partial charge is 0.340 e. The minimum absolute atomic E-state index is 0.195. The number of amides is 2. The molecule has 1 fully saturated rings. The van der Waals surface area contributed by atoms with Gasteiger partial charge in [-0.05, 0) is 31.0 Å². The van der Waals surface area contributed by atoms with Gasteiger partial charge < -0.3 is 4.90 Å². The molecule has 0 radical (unpaired) electrons. The standard InChI is InChI=1S/C17H19N5O2/c23-15(13-6-2-1-3-7-13)20-21-16(24)14-8-4-11-22(12-14)17-18-9-5-10-19-17/h1-3,5-7,9-10,14H,4,8,11-12H2,(H,20,23)(H,21,24). The molecule has 1 atom stereocenters. The van der Waals surface area contributed by atoms with Crippen molar-refractivity contribution in [1.82, 2.24) is 20.8 Å². The van der Waals surface area contributed by atoms with Crippen LogP contribution in [0.1, 0.15) is 23.2 Å². The molecule has 7 nitrogen and oxygen atoms in total. The highest BCUT2D eigenvalue weighted by atomic mass is 16.2. The molecule has 1 unspecified atom stereocenters. The summed E-state index contributed by atoms with van der Waals surface area (Å²) in [6.07, 6.45) is 5.03. The summed E-state index contributed by atoms with van der Waals surface area (Å²) in [4.78, 5) is 34.7. The molecule has 1 aromatic carbocycles. The Labute approximate surface area is 140 Å². The predicted octanol–water partition coefficient (Wildman–Crippen LogP) is 1.15. The fraction of sp³-hybridized carbons (Fsp3) is 0.294. The lowest BCUT2D eigenvalue weighted by Crippen LogP contribution is -2.49. The van der Waals surface area contributed by atoms with Crippen molar-refractivity contribution in [2.45, 2.75) is 12.8 Å². The van der Waals surface area contributed by atoms with Gasteiger partial charge in [-0.3, -0.25) is 20.4 Å². The second-order valence-electron chi connectivity index (χ2n) is 5.64. The van der Waals surface area contributed by atoms with E-state index in [0.717, 1.165) is 19.4 Å². The normalized spacial score (nSPS) is 17.2. The van der Waals surface area contributed by atoms with Gasteiger partial charge in [0.2, 0.25) is 11.9 Å². The molecule has 2 heterocycles. The lowest BCUT2D eigenvalue weighted by molar-refractivity contribution is -0.126. The topological polar surface area (TPSA) is 87.2 Å². The van der Waals surface area contributed by atoms with Crippen molar-refractivity contribution >= 4 is 17.8 Å². The van der Waals surface area contributed by atoms with Crippen molar-refractivity contribution in [2.75, 3.05) is 18.0 Å². The molecule has 0 saturated carbocycles. The van der Waals surface area contributed by atoms with Gasteiger partial charge in [0.25, 0.3) is 5.91 Å². The van der Waals surface area contributed by atoms with Gasteiger partial charge in [-0.25, -0.2) is 9.97 Å². The first-order valence-corrected chi connectivity index (χ1v) is 7.91. The van der Waals surface area contributed by atoms with Crippen molar-refractivity contribution in [3.05, 3.63) is 54.4 Å². The maximum atomic E-state index is 12.3. The van der Waals surface area contributed by atoms with Crippen molar-refractivity contribution in [3.63, 3.8) is 0 Å². The molecule has 2 aromatic rings. The number of rotatable bonds is 3. The highest BCUT2D eigenvalue weighted by molar-refractivity contribution is 5.95. The molecule has 1 aliphatic heterocycles. The number of piperidine rings is 1. The van der Waals surface area contributed by atoms with Crippen LogP contribution in [-0.2, 0) is 4.79 Å². The fourth-order valence-corrected chi connectivity index (χ4v) is 2.71. The maximum Gasteiger partial charge on any atom is 0.269 e. The van der Waals surface area contributed by atoms with E-state index < -0.39 is 0 Å². The average Bonchev–Trinajstić information content (AvgIpc) is 2.67. The second kappa shape index (κ2) is 7.54. The summed E-state index contributed by atoms with van der Waals surface area (Å²) in [6, 6.07) is 10.5. The molecule has 2 amide bonds. The number of carbonyl (C=O) groups excluding carboxylic acids is 2. The Morgan fingerprint density at radius 2 is 1.79 bits per heavy atom. The van der Waals surface area contributed by atoms with Crippen LogP contribution in [0.15, 0.2) is 48.8 Å². The van der Waals surface area contributed by atoms with Crippen LogP contribution in [0.2, 0.25) is 0 Å². The number of hydrogen-bond acceptors (Lipinski definition) is 5. The molecule has 1 saturated heterocycles. The summed E-state index contributed by atoms with van der Waals surface area (Å²) in [7, 11) is 0. The molecule has 3 rings (SSSR count). The second-order valence-corrected chi connectivity index (χ2v) is 5.64. The van der Waals surface area contributed by atoms with Gasteiger partial charge in [-0.1, -0.05) is 18.2 Å². The van der Waals surface area contributed by atoms with Gasteiger partial charge in [0.05, 0.1) is 5.92 Å². The Morgan fingerprint density at radius 3 is 2.54 bits per heavy atom. The first kappa shape index (κ1) is 15.9. The minimum Gasteiger partial charge on any atom is -0.340 e. The molecule has 0 aliphatic carbocycles. The molecule has 124 valence electrons. The molecule has 24 heavy (non-hydrogen) atoms. The fourth-order valence-electron chi connectivity index (χ4n) is 2.71. The van der Waals surface area contributed by atoms with E-state index in [9.17, 15) is 9.59 Å². The zero-order valence-corrected chi connectivity index (χ0v) is 13.2. The Morgan fingerprint density at radius 1 is 1.04 bits per heavy atom. The molecule has 0 bridgehead atoms. The summed E-state index contributed by atoms with van der Waals surface area (Å²) < 4.78 is 0. The number of hydrogen-bond donors (Lipinski definition) is 2. The van der Waals surface area contributed by atoms with E-state index in [1.807, 2.05) is 11.0 Å². The first-order valence-electron chi connectivity index (χ1n) is 7.91. The number of anilines is 1. The number of nitrogens with zero attached hydrogens (tertiary/aromatic N) is 3. The van der Waals surface area contributed by atoms with Gasteiger partial charge in [0.15, 0.2) is 0 Å². The third-order valence-corrected chi connectivity index (χ3v) is 3.96. The van der Waals surface area contributed by atoms with E-state index >= 15 is 0 Å². The van der Waals surface area contributed by atoms with Gasteiger partial charge in [0, 0.05) is 31.0 Å². The number of benzene rings is 1. The molecular weight excluding hydrogens is 306 g/mol. The van der Waals surface area contributed by atoms with E-state index in [1.54, 1.807) is 42.7 Å². The molecule has 0 spiro atoms. The van der Waals surface area contributed by atoms with E-state index in [0.29, 0.717) is 18.1 Å². The van der Waals surface area contributed by atoms with E-state index in [4.69, 9.17) is 0 Å². The minimum atomic E-state index is -0.331. The van der Waals surface area contributed by atoms with Gasteiger partial charge in [-0.15, -0.1) is 0 Å². The van der Waals surface area contributed by atoms with E-state index in [1.165, 1.54) is 0 Å². The molecule has 2 N–H and O–H groups in total. The molecule has 1 aromatic heterocycles. The van der Waals surface area contributed by atoms with Crippen LogP contribution in [0.4, 0.5) is 5.95 Å². The zero-order valence-electron chi connectivity index (χ0n) is 13.2. The molecule has 1 aliphatic rings. The van der Waals surface area contributed by atoms with Crippen molar-refractivity contribution in [3.8, 4) is 0 Å².